The zero-order valence-corrected chi connectivity index (χ0v) is 16.7. The minimum absolute atomic E-state index is 0.251. The van der Waals surface area contributed by atoms with Crippen LogP contribution in [0.3, 0.4) is 0 Å². The number of furan rings is 1. The molecule has 28 heavy (non-hydrogen) atoms. The van der Waals surface area contributed by atoms with Gasteiger partial charge >= 0.3 is 0 Å². The van der Waals surface area contributed by atoms with Gasteiger partial charge in [-0.1, -0.05) is 29.8 Å². The third-order valence-corrected chi connectivity index (χ3v) is 5.13. The Kier molecular flexibility index (Phi) is 5.95. The number of nitrogens with zero attached hydrogens (tertiary/aromatic N) is 2. The monoisotopic (exact) mass is 397 g/mol. The number of nitrogens with one attached hydrogen (secondary N) is 1. The average molecular weight is 398 g/mol. The van der Waals surface area contributed by atoms with E-state index in [0.29, 0.717) is 11.6 Å². The van der Waals surface area contributed by atoms with Gasteiger partial charge in [-0.2, -0.15) is 0 Å². The Labute approximate surface area is 170 Å². The first-order valence-electron chi connectivity index (χ1n) is 9.55. The lowest BCUT2D eigenvalue weighted by Gasteiger charge is -2.32. The summed E-state index contributed by atoms with van der Waals surface area (Å²) in [6, 6.07) is 15.8. The van der Waals surface area contributed by atoms with E-state index in [-0.39, 0.29) is 6.10 Å². The van der Waals surface area contributed by atoms with Gasteiger partial charge in [0.2, 0.25) is 0 Å². The van der Waals surface area contributed by atoms with Crippen molar-refractivity contribution in [1.29, 1.82) is 0 Å². The van der Waals surface area contributed by atoms with Gasteiger partial charge in [0.05, 0.1) is 24.3 Å². The summed E-state index contributed by atoms with van der Waals surface area (Å²) in [4.78, 5) is 6.88. The highest BCUT2D eigenvalue weighted by Gasteiger charge is 2.17. The van der Waals surface area contributed by atoms with Crippen LogP contribution in [0.15, 0.2) is 59.1 Å². The molecule has 0 saturated carbocycles. The molecule has 0 aliphatic carbocycles. The number of hydrogen-bond donors (Lipinski definition) is 1. The van der Waals surface area contributed by atoms with E-state index < -0.39 is 0 Å². The molecule has 0 amide bonds. The second kappa shape index (κ2) is 8.78. The zero-order valence-electron chi connectivity index (χ0n) is 15.9. The number of ether oxygens (including phenoxy) is 1. The minimum atomic E-state index is 0.251. The second-order valence-corrected chi connectivity index (χ2v) is 7.41. The van der Waals surface area contributed by atoms with Crippen LogP contribution in [-0.4, -0.2) is 30.8 Å². The fourth-order valence-electron chi connectivity index (χ4n) is 3.34. The van der Waals surface area contributed by atoms with Gasteiger partial charge in [-0.15, -0.1) is 0 Å². The summed E-state index contributed by atoms with van der Waals surface area (Å²) in [6.07, 6.45) is 2.18. The van der Waals surface area contributed by atoms with Crippen molar-refractivity contribution in [3.8, 4) is 11.3 Å². The fourth-order valence-corrected chi connectivity index (χ4v) is 3.57. The predicted molar refractivity (Wildman–Crippen MR) is 112 cm³/mol. The summed E-state index contributed by atoms with van der Waals surface area (Å²) in [7, 11) is 0. The highest BCUT2D eigenvalue weighted by molar-refractivity contribution is 6.33. The molecule has 5 nitrogen and oxygen atoms in total. The van der Waals surface area contributed by atoms with Crippen molar-refractivity contribution >= 4 is 17.4 Å². The SMILES string of the molecule is CC1CN(c2ccc(CNCc3ccc(-c4ccccc4Cl)o3)cn2)CCO1. The lowest BCUT2D eigenvalue weighted by molar-refractivity contribution is 0.0529. The first-order valence-corrected chi connectivity index (χ1v) is 9.92. The summed E-state index contributed by atoms with van der Waals surface area (Å²) in [6.45, 7) is 6.00. The molecule has 0 radical (unpaired) electrons. The van der Waals surface area contributed by atoms with E-state index in [4.69, 9.17) is 20.8 Å². The largest absolute Gasteiger partial charge is 0.460 e. The molecule has 6 heteroatoms. The Morgan fingerprint density at radius 1 is 1.14 bits per heavy atom. The highest BCUT2D eigenvalue weighted by atomic mass is 35.5. The number of hydrogen-bond acceptors (Lipinski definition) is 5. The van der Waals surface area contributed by atoms with Gasteiger partial charge in [-0.25, -0.2) is 4.98 Å². The Bertz CT molecular complexity index is 910. The van der Waals surface area contributed by atoms with Crippen LogP contribution >= 0.6 is 11.6 Å². The lowest BCUT2D eigenvalue weighted by Crippen LogP contribution is -2.41. The number of rotatable bonds is 6. The van der Waals surface area contributed by atoms with Gasteiger partial charge in [-0.3, -0.25) is 0 Å². The minimum Gasteiger partial charge on any atom is -0.460 e. The lowest BCUT2D eigenvalue weighted by atomic mass is 10.2. The standard InChI is InChI=1S/C22H24ClN3O2/c1-16-15-26(10-11-27-16)22-9-6-17(13-25-22)12-24-14-18-7-8-21(28-18)19-4-2-3-5-20(19)23/h2-9,13,16,24H,10-12,14-15H2,1H3. The molecule has 2 aromatic heterocycles. The molecular weight excluding hydrogens is 374 g/mol. The maximum atomic E-state index is 6.24. The van der Waals surface area contributed by atoms with E-state index in [0.717, 1.165) is 54.7 Å². The number of halogens is 1. The number of benzene rings is 1. The zero-order chi connectivity index (χ0) is 19.3. The van der Waals surface area contributed by atoms with Crippen molar-refractivity contribution in [2.45, 2.75) is 26.1 Å². The molecule has 1 aliphatic rings. The number of pyridine rings is 1. The molecule has 146 valence electrons. The molecule has 0 bridgehead atoms. The molecule has 0 spiro atoms. The quantitative estimate of drug-likeness (QED) is 0.663. The molecule has 1 atom stereocenters. The van der Waals surface area contributed by atoms with Crippen molar-refractivity contribution in [2.75, 3.05) is 24.6 Å². The van der Waals surface area contributed by atoms with E-state index in [2.05, 4.69) is 34.3 Å². The van der Waals surface area contributed by atoms with Crippen molar-refractivity contribution in [1.82, 2.24) is 10.3 Å². The van der Waals surface area contributed by atoms with Gasteiger partial charge in [-0.05, 0) is 42.8 Å². The molecule has 1 unspecified atom stereocenters. The first-order chi connectivity index (χ1) is 13.7. The van der Waals surface area contributed by atoms with Crippen LogP contribution in [0.4, 0.5) is 5.82 Å². The van der Waals surface area contributed by atoms with Crippen LogP contribution in [0.2, 0.25) is 5.02 Å². The average Bonchev–Trinajstić information content (AvgIpc) is 3.17. The molecule has 1 fully saturated rings. The van der Waals surface area contributed by atoms with Gasteiger partial charge in [0.25, 0.3) is 0 Å². The summed E-state index contributed by atoms with van der Waals surface area (Å²) < 4.78 is 11.5. The van der Waals surface area contributed by atoms with E-state index in [1.54, 1.807) is 0 Å². The number of aromatic nitrogens is 1. The van der Waals surface area contributed by atoms with Gasteiger partial charge in [0, 0.05) is 31.4 Å². The van der Waals surface area contributed by atoms with Crippen molar-refractivity contribution in [3.63, 3.8) is 0 Å². The highest BCUT2D eigenvalue weighted by Crippen LogP contribution is 2.29. The predicted octanol–water partition coefficient (Wildman–Crippen LogP) is 4.51. The Morgan fingerprint density at radius 2 is 2.04 bits per heavy atom. The third kappa shape index (κ3) is 4.55. The van der Waals surface area contributed by atoms with Gasteiger partial charge in [0.1, 0.15) is 17.3 Å². The van der Waals surface area contributed by atoms with Crippen LogP contribution in [0.5, 0.6) is 0 Å². The van der Waals surface area contributed by atoms with Gasteiger partial charge in [0.15, 0.2) is 0 Å². The molecule has 1 saturated heterocycles. The molecule has 3 heterocycles. The molecule has 1 aliphatic heterocycles. The van der Waals surface area contributed by atoms with E-state index in [1.807, 2.05) is 42.6 Å². The molecular formula is C22H24ClN3O2. The van der Waals surface area contributed by atoms with Crippen LogP contribution in [0.1, 0.15) is 18.2 Å². The summed E-state index contributed by atoms with van der Waals surface area (Å²) >= 11 is 6.24. The second-order valence-electron chi connectivity index (χ2n) is 7.00. The molecule has 1 N–H and O–H groups in total. The molecule has 1 aromatic carbocycles. The van der Waals surface area contributed by atoms with Crippen LogP contribution < -0.4 is 10.2 Å². The Hall–Kier alpha value is -2.34. The summed E-state index contributed by atoms with van der Waals surface area (Å²) in [5, 5.41) is 4.09. The van der Waals surface area contributed by atoms with Crippen molar-refractivity contribution < 1.29 is 9.15 Å². The summed E-state index contributed by atoms with van der Waals surface area (Å²) in [5.41, 5.74) is 2.05. The number of morpholine rings is 1. The third-order valence-electron chi connectivity index (χ3n) is 4.80. The topological polar surface area (TPSA) is 50.5 Å². The van der Waals surface area contributed by atoms with E-state index in [9.17, 15) is 0 Å². The fraction of sp³-hybridized carbons (Fsp3) is 0.318. The van der Waals surface area contributed by atoms with E-state index >= 15 is 0 Å². The van der Waals surface area contributed by atoms with Crippen molar-refractivity contribution in [2.24, 2.45) is 0 Å². The first kappa shape index (κ1) is 19.0. The van der Waals surface area contributed by atoms with Crippen molar-refractivity contribution in [3.05, 3.63) is 71.1 Å². The molecule has 4 rings (SSSR count). The maximum absolute atomic E-state index is 6.24. The van der Waals surface area contributed by atoms with Crippen LogP contribution in [-0.2, 0) is 17.8 Å². The van der Waals surface area contributed by atoms with E-state index in [1.165, 1.54) is 0 Å². The Morgan fingerprint density at radius 3 is 2.82 bits per heavy atom. The normalized spacial score (nSPS) is 17.1. The van der Waals surface area contributed by atoms with Gasteiger partial charge < -0.3 is 19.4 Å². The van der Waals surface area contributed by atoms with Crippen LogP contribution in [0, 0.1) is 0 Å². The summed E-state index contributed by atoms with van der Waals surface area (Å²) in [5.74, 6) is 2.67. The molecule has 3 aromatic rings. The van der Waals surface area contributed by atoms with Crippen LogP contribution in [0.25, 0.3) is 11.3 Å². The Balaban J connectivity index is 1.30. The maximum Gasteiger partial charge on any atom is 0.135 e. The number of anilines is 1. The smallest absolute Gasteiger partial charge is 0.135 e.